The lowest BCUT2D eigenvalue weighted by Gasteiger charge is -2.47. The Hall–Kier alpha value is -1.26. The Morgan fingerprint density at radius 1 is 0.593 bits per heavy atom. The van der Waals surface area contributed by atoms with E-state index in [-0.39, 0.29) is 5.91 Å². The van der Waals surface area contributed by atoms with Crippen LogP contribution in [0, 0.1) is 0 Å². The van der Waals surface area contributed by atoms with Crippen LogP contribution in [0.2, 0.25) is 0 Å². The van der Waals surface area contributed by atoms with Crippen LogP contribution in [0.25, 0.3) is 0 Å². The van der Waals surface area contributed by atoms with Gasteiger partial charge < -0.3 is 36.0 Å². The quantitative estimate of drug-likeness (QED) is 0.0396. The second-order valence-electron chi connectivity index (χ2n) is 16.6. The van der Waals surface area contributed by atoms with E-state index in [0.717, 1.165) is 38.5 Å². The summed E-state index contributed by atoms with van der Waals surface area (Å²) >= 11 is 0. The van der Waals surface area contributed by atoms with E-state index in [2.05, 4.69) is 19.2 Å². The largest absolute Gasteiger partial charge is 0.394 e. The molecular weight excluding hydrogens is 679 g/mol. The molecule has 0 aliphatic carbocycles. The number of nitrogens with two attached hydrogens (primary N) is 1. The van der Waals surface area contributed by atoms with Gasteiger partial charge in [-0.05, 0) is 19.8 Å². The third-order valence-electron chi connectivity index (χ3n) is 11.5. The average Bonchev–Trinajstić information content (AvgIpc) is 3.16. The van der Waals surface area contributed by atoms with Gasteiger partial charge in [0.05, 0.1) is 12.6 Å². The molecule has 9 nitrogen and oxygen atoms in total. The molecule has 320 valence electrons. The van der Waals surface area contributed by atoms with E-state index < -0.39 is 49.1 Å². The first kappa shape index (κ1) is 50.8. The van der Waals surface area contributed by atoms with Crippen LogP contribution in [0.4, 0.5) is 0 Å². The molecule has 9 heteroatoms. The minimum atomic E-state index is -1.42. The van der Waals surface area contributed by atoms with Gasteiger partial charge in [-0.3, -0.25) is 9.59 Å². The van der Waals surface area contributed by atoms with Crippen molar-refractivity contribution in [3.63, 3.8) is 0 Å². The molecule has 6 N–H and O–H groups in total. The Labute approximate surface area is 332 Å². The van der Waals surface area contributed by atoms with E-state index in [4.69, 9.17) is 10.5 Å². The van der Waals surface area contributed by atoms with Crippen molar-refractivity contribution in [3.8, 4) is 0 Å². The van der Waals surface area contributed by atoms with Crippen LogP contribution in [0.1, 0.15) is 226 Å². The smallest absolute Gasteiger partial charge is 0.237 e. The maximum absolute atomic E-state index is 13.8. The van der Waals surface area contributed by atoms with Crippen LogP contribution < -0.4 is 11.1 Å². The van der Waals surface area contributed by atoms with Crippen molar-refractivity contribution < 1.29 is 29.6 Å². The monoisotopic (exact) mass is 768 g/mol. The summed E-state index contributed by atoms with van der Waals surface area (Å²) < 4.78 is 6.09. The predicted octanol–water partition coefficient (Wildman–Crippen LogP) is 9.61. The number of carbonyl (C=O) groups excluding carboxylic acids is 2. The van der Waals surface area contributed by atoms with Gasteiger partial charge in [-0.25, -0.2) is 0 Å². The Bertz CT molecular complexity index is 876. The molecule has 0 saturated carbocycles. The number of aliphatic hydroxyl groups excluding tert-OH is 3. The maximum Gasteiger partial charge on any atom is 0.237 e. The number of carbonyl (C=O) groups is 2. The minimum absolute atomic E-state index is 0.0871. The van der Waals surface area contributed by atoms with Gasteiger partial charge in [0.25, 0.3) is 0 Å². The molecule has 1 aliphatic rings. The fraction of sp³-hybridized carbons (Fsp3) is 0.956. The van der Waals surface area contributed by atoms with E-state index in [1.54, 1.807) is 11.8 Å². The molecule has 1 saturated heterocycles. The van der Waals surface area contributed by atoms with Crippen molar-refractivity contribution >= 4 is 11.8 Å². The minimum Gasteiger partial charge on any atom is -0.394 e. The highest BCUT2D eigenvalue weighted by Crippen LogP contribution is 2.26. The zero-order chi connectivity index (χ0) is 39.7. The molecular formula is C45H89N3O6. The van der Waals surface area contributed by atoms with Gasteiger partial charge in [-0.15, -0.1) is 0 Å². The van der Waals surface area contributed by atoms with Crippen molar-refractivity contribution in [2.45, 2.75) is 263 Å². The zero-order valence-electron chi connectivity index (χ0n) is 35.6. The number of unbranched alkanes of at least 4 members (excludes halogenated alkanes) is 29. The van der Waals surface area contributed by atoms with Crippen LogP contribution in [-0.4, -0.2) is 81.8 Å². The molecule has 0 unspecified atom stereocenters. The summed E-state index contributed by atoms with van der Waals surface area (Å²) in [4.78, 5) is 28.1. The second-order valence-corrected chi connectivity index (χ2v) is 16.6. The highest BCUT2D eigenvalue weighted by molar-refractivity contribution is 5.81. The number of hydrogen-bond donors (Lipinski definition) is 5. The third-order valence-corrected chi connectivity index (χ3v) is 11.5. The molecule has 0 aromatic heterocycles. The van der Waals surface area contributed by atoms with Crippen LogP contribution >= 0.6 is 0 Å². The molecule has 0 aromatic rings. The van der Waals surface area contributed by atoms with E-state index in [1.807, 2.05) is 0 Å². The van der Waals surface area contributed by atoms with Crippen LogP contribution in [0.15, 0.2) is 0 Å². The molecule has 0 spiro atoms. The highest BCUT2D eigenvalue weighted by Gasteiger charge is 2.48. The van der Waals surface area contributed by atoms with Crippen molar-refractivity contribution in [1.29, 1.82) is 0 Å². The normalized spacial score (nSPS) is 20.6. The van der Waals surface area contributed by atoms with E-state index in [1.165, 1.54) is 161 Å². The molecule has 1 heterocycles. The van der Waals surface area contributed by atoms with Crippen LogP contribution in [0.3, 0.4) is 0 Å². The summed E-state index contributed by atoms with van der Waals surface area (Å²) in [5, 5.41) is 34.4. The highest BCUT2D eigenvalue weighted by atomic mass is 16.5. The molecule has 2 amide bonds. The SMILES string of the molecule is CCCCCCCCCCCCCCCCCCN(C(=O)CCCCCCCCCCCCCCCCC)[C@@H]1O[C@H](CO)[C@@H](O)[C@H](O)[C@H]1NC(=O)[C@H](C)N. The van der Waals surface area contributed by atoms with Gasteiger partial charge in [0.1, 0.15) is 24.4 Å². The van der Waals surface area contributed by atoms with Gasteiger partial charge in [0.15, 0.2) is 6.23 Å². The number of aliphatic hydroxyl groups is 3. The summed E-state index contributed by atoms with van der Waals surface area (Å²) in [6.07, 6.45) is 34.4. The average molecular weight is 768 g/mol. The number of nitrogens with zero attached hydrogens (tertiary/aromatic N) is 1. The van der Waals surface area contributed by atoms with E-state index >= 15 is 0 Å². The first-order valence-electron chi connectivity index (χ1n) is 23.3. The zero-order valence-corrected chi connectivity index (χ0v) is 35.6. The molecule has 6 atom stereocenters. The lowest BCUT2D eigenvalue weighted by Crippen LogP contribution is -2.69. The van der Waals surface area contributed by atoms with E-state index in [9.17, 15) is 24.9 Å². The Morgan fingerprint density at radius 2 is 0.944 bits per heavy atom. The molecule has 1 fully saturated rings. The second kappa shape index (κ2) is 34.9. The number of nitrogens with one attached hydrogen (secondary N) is 1. The van der Waals surface area contributed by atoms with Crippen LogP contribution in [0.5, 0.6) is 0 Å². The topological polar surface area (TPSA) is 145 Å². The van der Waals surface area contributed by atoms with Gasteiger partial charge in [-0.2, -0.15) is 0 Å². The predicted molar refractivity (Wildman–Crippen MR) is 224 cm³/mol. The fourth-order valence-corrected chi connectivity index (χ4v) is 7.83. The summed E-state index contributed by atoms with van der Waals surface area (Å²) in [6.45, 7) is 5.99. The number of ether oxygens (including phenoxy) is 1. The number of hydrogen-bond acceptors (Lipinski definition) is 7. The first-order chi connectivity index (χ1) is 26.3. The molecule has 1 aliphatic heterocycles. The Kier molecular flexibility index (Phi) is 32.8. The Balaban J connectivity index is 2.53. The summed E-state index contributed by atoms with van der Waals surface area (Å²) in [5.41, 5.74) is 5.82. The first-order valence-corrected chi connectivity index (χ1v) is 23.3. The number of rotatable bonds is 37. The van der Waals surface area contributed by atoms with Crippen molar-refractivity contribution in [2.75, 3.05) is 13.2 Å². The lowest BCUT2D eigenvalue weighted by molar-refractivity contribution is -0.231. The molecule has 0 radical (unpaired) electrons. The maximum atomic E-state index is 13.8. The Morgan fingerprint density at radius 3 is 1.30 bits per heavy atom. The van der Waals surface area contributed by atoms with Crippen LogP contribution in [-0.2, 0) is 14.3 Å². The third kappa shape index (κ3) is 24.4. The molecule has 0 aromatic carbocycles. The molecule has 54 heavy (non-hydrogen) atoms. The standard InChI is InChI=1S/C45H89N3O6/c1-4-6-8-10-12-14-16-18-20-22-24-26-28-30-32-34-36-48(45-41(47-44(53)38(3)46)43(52)42(51)39(37-49)54-45)40(50)35-33-31-29-27-25-23-21-19-17-15-13-11-9-7-5-2/h38-39,41-43,45,49,51-52H,4-37,46H2,1-3H3,(H,47,53)/t38-,39+,41+,42+,43+,45+/m0/s1. The van der Waals surface area contributed by atoms with Crippen molar-refractivity contribution in [2.24, 2.45) is 5.73 Å². The van der Waals surface area contributed by atoms with Gasteiger partial charge >= 0.3 is 0 Å². The van der Waals surface area contributed by atoms with Gasteiger partial charge in [-0.1, -0.05) is 200 Å². The molecule has 1 rings (SSSR count). The van der Waals surface area contributed by atoms with Crippen molar-refractivity contribution in [1.82, 2.24) is 10.2 Å². The molecule has 0 bridgehead atoms. The summed E-state index contributed by atoms with van der Waals surface area (Å²) in [6, 6.07) is -1.90. The lowest BCUT2D eigenvalue weighted by atomic mass is 9.94. The van der Waals surface area contributed by atoms with Gasteiger partial charge in [0.2, 0.25) is 11.8 Å². The number of amides is 2. The van der Waals surface area contributed by atoms with Gasteiger partial charge in [0, 0.05) is 13.0 Å². The van der Waals surface area contributed by atoms with Crippen molar-refractivity contribution in [3.05, 3.63) is 0 Å². The van der Waals surface area contributed by atoms with E-state index in [0.29, 0.717) is 13.0 Å². The summed E-state index contributed by atoms with van der Waals surface area (Å²) in [5.74, 6) is -0.588. The summed E-state index contributed by atoms with van der Waals surface area (Å²) in [7, 11) is 0. The fourth-order valence-electron chi connectivity index (χ4n) is 7.83.